The zero-order valence-corrected chi connectivity index (χ0v) is 19.9. The van der Waals surface area contributed by atoms with Crippen molar-refractivity contribution >= 4 is 36.0 Å². The summed E-state index contributed by atoms with van der Waals surface area (Å²) in [6, 6.07) is 13.8. The Morgan fingerprint density at radius 3 is 1.22 bits per heavy atom. The van der Waals surface area contributed by atoms with Gasteiger partial charge in [-0.1, -0.05) is 49.6 Å². The van der Waals surface area contributed by atoms with E-state index in [0.29, 0.717) is 24.0 Å². The zero-order valence-electron chi connectivity index (χ0n) is 19.9. The molecule has 8 nitrogen and oxygen atoms in total. The predicted octanol–water partition coefficient (Wildman–Crippen LogP) is 4.41. The van der Waals surface area contributed by atoms with Crippen molar-refractivity contribution < 1.29 is 38.1 Å². The van der Waals surface area contributed by atoms with Gasteiger partial charge in [0.05, 0.1) is 37.6 Å². The van der Waals surface area contributed by atoms with E-state index in [2.05, 4.69) is 13.2 Å². The first-order valence-electron chi connectivity index (χ1n) is 11.2. The van der Waals surface area contributed by atoms with Crippen LogP contribution in [0.3, 0.4) is 0 Å². The quantitative estimate of drug-likeness (QED) is 0.126. The smallest absolute Gasteiger partial charge is 0.338 e. The van der Waals surface area contributed by atoms with Gasteiger partial charge < -0.3 is 18.9 Å². The van der Waals surface area contributed by atoms with Crippen LogP contribution in [-0.4, -0.2) is 50.3 Å². The average molecular weight is 493 g/mol. The Bertz CT molecular complexity index is 994. The van der Waals surface area contributed by atoms with Gasteiger partial charge in [0.2, 0.25) is 0 Å². The molecule has 0 bridgehead atoms. The highest BCUT2D eigenvalue weighted by Gasteiger charge is 2.08. The van der Waals surface area contributed by atoms with E-state index in [0.717, 1.165) is 23.3 Å². The lowest BCUT2D eigenvalue weighted by Crippen LogP contribution is -2.09. The van der Waals surface area contributed by atoms with Crippen molar-refractivity contribution in [2.75, 3.05) is 26.4 Å². The Labute approximate surface area is 209 Å². The minimum atomic E-state index is -0.513. The molecule has 0 N–H and O–H groups in total. The summed E-state index contributed by atoms with van der Waals surface area (Å²) in [6.07, 6.45) is 6.70. The van der Waals surface area contributed by atoms with Crippen LogP contribution in [0, 0.1) is 0 Å². The summed E-state index contributed by atoms with van der Waals surface area (Å²) in [5, 5.41) is 0. The second-order valence-corrected chi connectivity index (χ2v) is 7.30. The molecule has 0 atom stereocenters. The molecule has 0 aliphatic heterocycles. The minimum Gasteiger partial charge on any atom is -0.462 e. The molecular formula is C28H28O8. The van der Waals surface area contributed by atoms with E-state index in [9.17, 15) is 19.2 Å². The molecule has 0 aromatic heterocycles. The first kappa shape index (κ1) is 27.8. The summed E-state index contributed by atoms with van der Waals surface area (Å²) >= 11 is 0. The van der Waals surface area contributed by atoms with Gasteiger partial charge in [0, 0.05) is 25.0 Å². The molecule has 0 fully saturated rings. The Kier molecular flexibility index (Phi) is 11.9. The van der Waals surface area contributed by atoms with E-state index in [1.165, 1.54) is 0 Å². The zero-order chi connectivity index (χ0) is 26.2. The van der Waals surface area contributed by atoms with Crippen molar-refractivity contribution in [3.63, 3.8) is 0 Å². The molecule has 0 radical (unpaired) electrons. The van der Waals surface area contributed by atoms with E-state index in [1.807, 2.05) is 12.2 Å². The third-order valence-corrected chi connectivity index (χ3v) is 4.63. The third-order valence-electron chi connectivity index (χ3n) is 4.63. The highest BCUT2D eigenvalue weighted by atomic mass is 16.6. The van der Waals surface area contributed by atoms with Crippen LogP contribution < -0.4 is 0 Å². The molecule has 2 aromatic rings. The lowest BCUT2D eigenvalue weighted by atomic mass is 10.1. The number of carbonyl (C=O) groups excluding carboxylic acids is 4. The molecular weight excluding hydrogens is 464 g/mol. The number of hydrogen-bond acceptors (Lipinski definition) is 8. The maximum Gasteiger partial charge on any atom is 0.338 e. The van der Waals surface area contributed by atoms with Crippen LogP contribution in [0.1, 0.15) is 44.7 Å². The summed E-state index contributed by atoms with van der Waals surface area (Å²) in [6.45, 7) is 7.18. The summed E-state index contributed by atoms with van der Waals surface area (Å²) in [5.74, 6) is -1.94. The fourth-order valence-electron chi connectivity index (χ4n) is 2.73. The molecule has 8 heteroatoms. The van der Waals surface area contributed by atoms with Gasteiger partial charge in [-0.15, -0.1) is 0 Å². The monoisotopic (exact) mass is 492 g/mol. The molecule has 0 aliphatic rings. The maximum atomic E-state index is 12.1. The molecule has 0 saturated carbocycles. The van der Waals surface area contributed by atoms with E-state index < -0.39 is 23.9 Å². The van der Waals surface area contributed by atoms with Gasteiger partial charge in [0.15, 0.2) is 0 Å². The second-order valence-electron chi connectivity index (χ2n) is 7.30. The molecule has 188 valence electrons. The Morgan fingerprint density at radius 2 is 0.889 bits per heavy atom. The SMILES string of the molecule is C=CC(=O)OCCCOC(=O)c1ccc(/C=C/c2ccc(C(=O)OCCCOC(=O)C=C)cc2)cc1. The number of rotatable bonds is 14. The minimum absolute atomic E-state index is 0.138. The molecule has 2 aromatic carbocycles. The summed E-state index contributed by atoms with van der Waals surface area (Å²) in [4.78, 5) is 46.1. The molecule has 2 rings (SSSR count). The summed E-state index contributed by atoms with van der Waals surface area (Å²) in [5.41, 5.74) is 2.58. The van der Waals surface area contributed by atoms with Gasteiger partial charge in [-0.2, -0.15) is 0 Å². The Hall–Kier alpha value is -4.46. The van der Waals surface area contributed by atoms with Gasteiger partial charge >= 0.3 is 23.9 Å². The van der Waals surface area contributed by atoms with E-state index in [1.54, 1.807) is 48.5 Å². The Balaban J connectivity index is 1.76. The molecule has 0 heterocycles. The van der Waals surface area contributed by atoms with Crippen LogP contribution in [0.25, 0.3) is 12.2 Å². The third kappa shape index (κ3) is 10.2. The molecule has 0 spiro atoms. The van der Waals surface area contributed by atoms with Gasteiger partial charge in [-0.3, -0.25) is 0 Å². The van der Waals surface area contributed by atoms with Crippen LogP contribution >= 0.6 is 0 Å². The van der Waals surface area contributed by atoms with Gasteiger partial charge in [0.25, 0.3) is 0 Å². The van der Waals surface area contributed by atoms with Crippen LogP contribution in [0.2, 0.25) is 0 Å². The van der Waals surface area contributed by atoms with Gasteiger partial charge in [-0.25, -0.2) is 19.2 Å². The van der Waals surface area contributed by atoms with Crippen molar-refractivity contribution in [3.8, 4) is 0 Å². The standard InChI is InChI=1S/C28H28O8/c1-3-25(29)33-17-5-19-35-27(31)23-13-9-21(10-14-23)7-8-22-11-15-24(16-12-22)28(32)36-20-6-18-34-26(30)4-2/h3-4,7-16H,1-2,5-6,17-20H2/b8-7+. The fraction of sp³-hybridized carbons (Fsp3) is 0.214. The first-order valence-corrected chi connectivity index (χ1v) is 11.2. The Morgan fingerprint density at radius 1 is 0.556 bits per heavy atom. The first-order chi connectivity index (χ1) is 17.4. The lowest BCUT2D eigenvalue weighted by Gasteiger charge is -2.06. The fourth-order valence-corrected chi connectivity index (χ4v) is 2.73. The van der Waals surface area contributed by atoms with Crippen molar-refractivity contribution in [2.24, 2.45) is 0 Å². The average Bonchev–Trinajstić information content (AvgIpc) is 2.91. The topological polar surface area (TPSA) is 105 Å². The van der Waals surface area contributed by atoms with Crippen molar-refractivity contribution in [3.05, 3.63) is 96.1 Å². The second kappa shape index (κ2) is 15.4. The van der Waals surface area contributed by atoms with E-state index in [4.69, 9.17) is 18.9 Å². The number of hydrogen-bond donors (Lipinski definition) is 0. The highest BCUT2D eigenvalue weighted by molar-refractivity contribution is 5.90. The molecule has 0 amide bonds. The maximum absolute atomic E-state index is 12.1. The summed E-state index contributed by atoms with van der Waals surface area (Å²) < 4.78 is 19.9. The predicted molar refractivity (Wildman–Crippen MR) is 134 cm³/mol. The van der Waals surface area contributed by atoms with E-state index >= 15 is 0 Å². The molecule has 0 saturated heterocycles. The van der Waals surface area contributed by atoms with Crippen molar-refractivity contribution in [1.82, 2.24) is 0 Å². The lowest BCUT2D eigenvalue weighted by molar-refractivity contribution is -0.138. The number of ether oxygens (including phenoxy) is 4. The van der Waals surface area contributed by atoms with Crippen molar-refractivity contribution in [2.45, 2.75) is 12.8 Å². The van der Waals surface area contributed by atoms with Crippen LogP contribution in [0.5, 0.6) is 0 Å². The van der Waals surface area contributed by atoms with Gasteiger partial charge in [0.1, 0.15) is 0 Å². The highest BCUT2D eigenvalue weighted by Crippen LogP contribution is 2.12. The van der Waals surface area contributed by atoms with Crippen LogP contribution in [-0.2, 0) is 28.5 Å². The largest absolute Gasteiger partial charge is 0.462 e. The van der Waals surface area contributed by atoms with E-state index in [-0.39, 0.29) is 26.4 Å². The van der Waals surface area contributed by atoms with Crippen molar-refractivity contribution in [1.29, 1.82) is 0 Å². The summed E-state index contributed by atoms with van der Waals surface area (Å²) in [7, 11) is 0. The molecule has 36 heavy (non-hydrogen) atoms. The van der Waals surface area contributed by atoms with Crippen LogP contribution in [0.4, 0.5) is 0 Å². The van der Waals surface area contributed by atoms with Gasteiger partial charge in [-0.05, 0) is 35.4 Å². The number of carbonyl (C=O) groups is 4. The number of esters is 4. The molecule has 0 unspecified atom stereocenters. The normalized spacial score (nSPS) is 10.3. The molecule has 0 aliphatic carbocycles. The number of benzene rings is 2. The van der Waals surface area contributed by atoms with Crippen LogP contribution in [0.15, 0.2) is 73.8 Å².